The number of rotatable bonds is 18. The Balaban J connectivity index is 5.39. The minimum absolute atomic E-state index is 0.193. The summed E-state index contributed by atoms with van der Waals surface area (Å²) in [5.74, 6) is -1.22. The first-order valence-electron chi connectivity index (χ1n) is 13.6. The molecule has 2 unspecified atom stereocenters. The molecule has 0 aromatic carbocycles. The largest absolute Gasteiger partial charge is 0.469 e. The molecule has 2 atom stereocenters. The van der Waals surface area contributed by atoms with Crippen LogP contribution in [0.5, 0.6) is 0 Å². The van der Waals surface area contributed by atoms with Gasteiger partial charge in [-0.15, -0.1) is 0 Å². The van der Waals surface area contributed by atoms with Gasteiger partial charge in [0.1, 0.15) is 22.9 Å². The van der Waals surface area contributed by atoms with Crippen LogP contribution in [0.4, 0.5) is 0 Å². The number of esters is 3. The van der Waals surface area contributed by atoms with Gasteiger partial charge in [-0.25, -0.2) is 0 Å². The van der Waals surface area contributed by atoms with E-state index in [0.717, 1.165) is 38.5 Å². The molecule has 7 nitrogen and oxygen atoms in total. The average molecular weight is 513 g/mol. The molecule has 0 aromatic heterocycles. The van der Waals surface area contributed by atoms with Crippen LogP contribution < -0.4 is 0 Å². The molecule has 0 spiro atoms. The average Bonchev–Trinajstić information content (AvgIpc) is 2.75. The molecule has 0 aliphatic rings. The maximum Gasteiger partial charge on any atom is 0.320 e. The molecule has 0 aliphatic carbocycles. The van der Waals surface area contributed by atoms with Crippen molar-refractivity contribution < 1.29 is 33.4 Å². The van der Waals surface area contributed by atoms with Gasteiger partial charge in [-0.2, -0.15) is 0 Å². The Bertz CT molecular complexity index is 705. The van der Waals surface area contributed by atoms with E-state index in [0.29, 0.717) is 38.5 Å². The van der Waals surface area contributed by atoms with Crippen LogP contribution in [0, 0.1) is 10.8 Å². The van der Waals surface area contributed by atoms with Crippen molar-refractivity contribution in [1.82, 2.24) is 0 Å². The normalized spacial score (nSPS) is 14.5. The van der Waals surface area contributed by atoms with E-state index in [1.54, 1.807) is 20.8 Å². The number of methoxy groups -OCH3 is 1. The molecule has 0 saturated carbocycles. The SMILES string of the molecule is CCCCCC(CCCC(CCCCCC(C)(C)C(=O)OC)(C(C)=O)C(=O)OC(C)(C)C)OC(C)=O. The summed E-state index contributed by atoms with van der Waals surface area (Å²) in [5, 5.41) is 0. The zero-order valence-electron chi connectivity index (χ0n) is 24.4. The second kappa shape index (κ2) is 16.0. The molecule has 7 heteroatoms. The van der Waals surface area contributed by atoms with Gasteiger partial charge in [0.05, 0.1) is 12.5 Å². The summed E-state index contributed by atoms with van der Waals surface area (Å²) in [6.07, 6.45) is 8.53. The van der Waals surface area contributed by atoms with E-state index in [2.05, 4.69) is 6.92 Å². The molecule has 210 valence electrons. The molecule has 0 saturated heterocycles. The van der Waals surface area contributed by atoms with E-state index >= 15 is 0 Å². The topological polar surface area (TPSA) is 96.0 Å². The first-order valence-corrected chi connectivity index (χ1v) is 13.6. The summed E-state index contributed by atoms with van der Waals surface area (Å²) in [6.45, 7) is 14.1. The van der Waals surface area contributed by atoms with Crippen molar-refractivity contribution in [3.8, 4) is 0 Å². The monoisotopic (exact) mass is 512 g/mol. The van der Waals surface area contributed by atoms with Crippen LogP contribution in [-0.2, 0) is 33.4 Å². The van der Waals surface area contributed by atoms with E-state index in [9.17, 15) is 19.2 Å². The Labute approximate surface area is 219 Å². The molecule has 0 aromatic rings. The lowest BCUT2D eigenvalue weighted by atomic mass is 9.74. The number of Topliss-reactive ketones (excluding diaryl/α,β-unsaturated/α-hetero) is 1. The van der Waals surface area contributed by atoms with Gasteiger partial charge < -0.3 is 14.2 Å². The molecule has 0 fully saturated rings. The summed E-state index contributed by atoms with van der Waals surface area (Å²) in [7, 11) is 1.39. The van der Waals surface area contributed by atoms with Gasteiger partial charge in [0.25, 0.3) is 0 Å². The van der Waals surface area contributed by atoms with Crippen molar-refractivity contribution in [3.05, 3.63) is 0 Å². The van der Waals surface area contributed by atoms with E-state index in [4.69, 9.17) is 14.2 Å². The lowest BCUT2D eigenvalue weighted by Crippen LogP contribution is -2.43. The van der Waals surface area contributed by atoms with E-state index in [1.807, 2.05) is 13.8 Å². The number of carbonyl (C=O) groups excluding carboxylic acids is 4. The van der Waals surface area contributed by atoms with E-state index in [-0.39, 0.29) is 23.8 Å². The number of ketones is 1. The second-order valence-electron chi connectivity index (χ2n) is 11.7. The van der Waals surface area contributed by atoms with Gasteiger partial charge in [-0.1, -0.05) is 39.0 Å². The summed E-state index contributed by atoms with van der Waals surface area (Å²) < 4.78 is 16.1. The summed E-state index contributed by atoms with van der Waals surface area (Å²) in [5.41, 5.74) is -2.50. The molecule has 36 heavy (non-hydrogen) atoms. The van der Waals surface area contributed by atoms with Gasteiger partial charge in [-0.3, -0.25) is 19.2 Å². The summed E-state index contributed by atoms with van der Waals surface area (Å²) >= 11 is 0. The zero-order valence-corrected chi connectivity index (χ0v) is 24.4. The van der Waals surface area contributed by atoms with E-state index < -0.39 is 22.4 Å². The van der Waals surface area contributed by atoms with Crippen molar-refractivity contribution in [2.75, 3.05) is 7.11 Å². The molecule has 0 rings (SSSR count). The van der Waals surface area contributed by atoms with Crippen molar-refractivity contribution in [1.29, 1.82) is 0 Å². The Morgan fingerprint density at radius 2 is 1.28 bits per heavy atom. The molecule has 0 amide bonds. The number of carbonyl (C=O) groups is 4. The Hall–Kier alpha value is -1.92. The fraction of sp³-hybridized carbons (Fsp3) is 0.862. The smallest absolute Gasteiger partial charge is 0.320 e. The minimum Gasteiger partial charge on any atom is -0.469 e. The highest BCUT2D eigenvalue weighted by Gasteiger charge is 2.45. The lowest BCUT2D eigenvalue weighted by Gasteiger charge is -2.33. The van der Waals surface area contributed by atoms with Crippen LogP contribution in [0.25, 0.3) is 0 Å². The maximum atomic E-state index is 13.3. The second-order valence-corrected chi connectivity index (χ2v) is 11.7. The quantitative estimate of drug-likeness (QED) is 0.0868. The fourth-order valence-electron chi connectivity index (χ4n) is 4.50. The van der Waals surface area contributed by atoms with Gasteiger partial charge in [0.15, 0.2) is 0 Å². The number of hydrogen-bond donors (Lipinski definition) is 0. The van der Waals surface area contributed by atoms with Crippen LogP contribution in [-0.4, -0.2) is 42.5 Å². The Morgan fingerprint density at radius 3 is 1.78 bits per heavy atom. The van der Waals surface area contributed by atoms with E-state index in [1.165, 1.54) is 21.0 Å². The van der Waals surface area contributed by atoms with Gasteiger partial charge in [-0.05, 0) is 86.5 Å². The number of ether oxygens (including phenoxy) is 3. The molecular weight excluding hydrogens is 460 g/mol. The van der Waals surface area contributed by atoms with Crippen molar-refractivity contribution in [3.63, 3.8) is 0 Å². The third-order valence-corrected chi connectivity index (χ3v) is 6.70. The molecule has 0 radical (unpaired) electrons. The first-order chi connectivity index (χ1) is 16.6. The number of hydrogen-bond acceptors (Lipinski definition) is 7. The predicted molar refractivity (Wildman–Crippen MR) is 141 cm³/mol. The predicted octanol–water partition coefficient (Wildman–Crippen LogP) is 6.74. The van der Waals surface area contributed by atoms with Crippen LogP contribution in [0.1, 0.15) is 132 Å². The third-order valence-electron chi connectivity index (χ3n) is 6.70. The molecule has 0 heterocycles. The Kier molecular flexibility index (Phi) is 15.2. The van der Waals surface area contributed by atoms with Crippen LogP contribution >= 0.6 is 0 Å². The first kappa shape index (κ1) is 34.1. The fourth-order valence-corrected chi connectivity index (χ4v) is 4.50. The van der Waals surface area contributed by atoms with Gasteiger partial charge in [0, 0.05) is 6.92 Å². The molecule has 0 N–H and O–H groups in total. The van der Waals surface area contributed by atoms with Crippen molar-refractivity contribution >= 4 is 23.7 Å². The van der Waals surface area contributed by atoms with Gasteiger partial charge >= 0.3 is 17.9 Å². The standard InChI is InChI=1S/C29H52O7/c1-10-11-13-17-24(35-23(3)31)18-16-21-29(22(2)30,26(33)36-27(4,5)6)20-15-12-14-19-28(7,8)25(32)34-9/h24H,10-21H2,1-9H3. The summed E-state index contributed by atoms with van der Waals surface area (Å²) in [6, 6.07) is 0. The molecule has 0 bridgehead atoms. The minimum atomic E-state index is -1.23. The highest BCUT2D eigenvalue weighted by Crippen LogP contribution is 2.37. The zero-order chi connectivity index (χ0) is 28.0. The van der Waals surface area contributed by atoms with Gasteiger partial charge in [0.2, 0.25) is 0 Å². The highest BCUT2D eigenvalue weighted by atomic mass is 16.6. The molecular formula is C29H52O7. The third kappa shape index (κ3) is 12.9. The Morgan fingerprint density at radius 1 is 0.722 bits per heavy atom. The molecule has 0 aliphatic heterocycles. The van der Waals surface area contributed by atoms with Crippen molar-refractivity contribution in [2.24, 2.45) is 10.8 Å². The summed E-state index contributed by atoms with van der Waals surface area (Å²) in [4.78, 5) is 49.8. The van der Waals surface area contributed by atoms with Crippen molar-refractivity contribution in [2.45, 2.75) is 144 Å². The maximum absolute atomic E-state index is 13.3. The van der Waals surface area contributed by atoms with Crippen LogP contribution in [0.15, 0.2) is 0 Å². The lowest BCUT2D eigenvalue weighted by molar-refractivity contribution is -0.171. The highest BCUT2D eigenvalue weighted by molar-refractivity contribution is 6.02. The van der Waals surface area contributed by atoms with Crippen LogP contribution in [0.2, 0.25) is 0 Å². The number of unbranched alkanes of at least 4 members (excludes halogenated alkanes) is 4. The van der Waals surface area contributed by atoms with Crippen LogP contribution in [0.3, 0.4) is 0 Å².